The Labute approximate surface area is 154 Å². The molecule has 1 aliphatic heterocycles. The second kappa shape index (κ2) is 7.08. The molecule has 0 atom stereocenters. The van der Waals surface area contributed by atoms with Gasteiger partial charge in [0, 0.05) is 37.2 Å². The van der Waals surface area contributed by atoms with Gasteiger partial charge in [0.15, 0.2) is 0 Å². The largest absolute Gasteiger partial charge is 0.383 e. The molecule has 1 saturated carbocycles. The lowest BCUT2D eigenvalue weighted by Crippen LogP contribution is -2.31. The molecule has 136 valence electrons. The number of nitrogen functional groups attached to an aromatic ring is 1. The Hall–Kier alpha value is -2.39. The lowest BCUT2D eigenvalue weighted by atomic mass is 9.94. The molecule has 26 heavy (non-hydrogen) atoms. The Morgan fingerprint density at radius 1 is 1.38 bits per heavy atom. The lowest BCUT2D eigenvalue weighted by Gasteiger charge is -2.29. The highest BCUT2D eigenvalue weighted by Crippen LogP contribution is 2.35. The van der Waals surface area contributed by atoms with E-state index in [2.05, 4.69) is 32.8 Å². The standard InChI is InChI=1S/C20H26N6/c1-2-26-8-7-16-15(12-26)19(14(10-21)20(22)25-16)17-11-23-18(24-17)9-13-5-3-4-6-13/h11,13H,2-9,12H2,1H3,(H2,22,25)(H,23,24). The molecule has 0 bridgehead atoms. The van der Waals surface area contributed by atoms with Gasteiger partial charge in [0.05, 0.1) is 11.9 Å². The van der Waals surface area contributed by atoms with E-state index in [0.29, 0.717) is 11.4 Å². The van der Waals surface area contributed by atoms with Gasteiger partial charge in [-0.3, -0.25) is 4.90 Å². The van der Waals surface area contributed by atoms with Gasteiger partial charge in [-0.15, -0.1) is 0 Å². The third kappa shape index (κ3) is 3.08. The van der Waals surface area contributed by atoms with Crippen molar-refractivity contribution in [2.75, 3.05) is 18.8 Å². The first kappa shape index (κ1) is 17.0. The number of nitrogens with zero attached hydrogens (tertiary/aromatic N) is 4. The summed E-state index contributed by atoms with van der Waals surface area (Å²) in [6.45, 7) is 4.94. The predicted molar refractivity (Wildman–Crippen MR) is 101 cm³/mol. The Kier molecular flexibility index (Phi) is 4.64. The van der Waals surface area contributed by atoms with Crippen molar-refractivity contribution in [3.8, 4) is 17.3 Å². The number of rotatable bonds is 4. The van der Waals surface area contributed by atoms with Crippen LogP contribution < -0.4 is 5.73 Å². The van der Waals surface area contributed by atoms with E-state index in [9.17, 15) is 5.26 Å². The number of fused-ring (bicyclic) bond motifs is 1. The number of aromatic nitrogens is 3. The van der Waals surface area contributed by atoms with Crippen LogP contribution in [0.15, 0.2) is 6.20 Å². The third-order valence-corrected chi connectivity index (χ3v) is 5.87. The summed E-state index contributed by atoms with van der Waals surface area (Å²) >= 11 is 0. The average molecular weight is 350 g/mol. The maximum atomic E-state index is 9.70. The Balaban J connectivity index is 1.74. The SMILES string of the molecule is CCN1CCc2nc(N)c(C#N)c(-c3cnc(CC4CCCC4)[nH]3)c2C1. The minimum Gasteiger partial charge on any atom is -0.383 e. The number of pyridine rings is 1. The maximum Gasteiger partial charge on any atom is 0.142 e. The van der Waals surface area contributed by atoms with Crippen LogP contribution in [0.3, 0.4) is 0 Å². The zero-order chi connectivity index (χ0) is 18.1. The molecule has 4 rings (SSSR count). The fourth-order valence-electron chi connectivity index (χ4n) is 4.40. The molecule has 2 aromatic rings. The molecule has 3 heterocycles. The van der Waals surface area contributed by atoms with Crippen LogP contribution in [0.1, 0.15) is 55.3 Å². The minimum atomic E-state index is 0.332. The lowest BCUT2D eigenvalue weighted by molar-refractivity contribution is 0.266. The first-order valence-electron chi connectivity index (χ1n) is 9.67. The van der Waals surface area contributed by atoms with Crippen molar-refractivity contribution in [3.63, 3.8) is 0 Å². The van der Waals surface area contributed by atoms with E-state index >= 15 is 0 Å². The van der Waals surface area contributed by atoms with Crippen LogP contribution in [0, 0.1) is 17.2 Å². The monoisotopic (exact) mass is 350 g/mol. The van der Waals surface area contributed by atoms with Crippen LogP contribution in [0.25, 0.3) is 11.3 Å². The van der Waals surface area contributed by atoms with E-state index in [4.69, 9.17) is 5.73 Å². The van der Waals surface area contributed by atoms with Gasteiger partial charge >= 0.3 is 0 Å². The van der Waals surface area contributed by atoms with Crippen LogP contribution in [0.4, 0.5) is 5.82 Å². The molecule has 1 fully saturated rings. The van der Waals surface area contributed by atoms with Crippen molar-refractivity contribution in [1.29, 1.82) is 5.26 Å². The van der Waals surface area contributed by atoms with Gasteiger partial charge in [-0.25, -0.2) is 9.97 Å². The van der Waals surface area contributed by atoms with E-state index in [1.807, 2.05) is 6.20 Å². The molecular formula is C20H26N6. The zero-order valence-electron chi connectivity index (χ0n) is 15.4. The highest BCUT2D eigenvalue weighted by molar-refractivity contribution is 5.77. The third-order valence-electron chi connectivity index (χ3n) is 5.87. The Bertz CT molecular complexity index is 841. The second-order valence-corrected chi connectivity index (χ2v) is 7.50. The average Bonchev–Trinajstić information content (AvgIpc) is 3.32. The number of nitriles is 1. The minimum absolute atomic E-state index is 0.332. The molecule has 6 heteroatoms. The van der Waals surface area contributed by atoms with E-state index in [1.54, 1.807) is 0 Å². The van der Waals surface area contributed by atoms with Crippen molar-refractivity contribution in [3.05, 3.63) is 28.8 Å². The fraction of sp³-hybridized carbons (Fsp3) is 0.550. The number of likely N-dealkylation sites (N-methyl/N-ethyl adjacent to an activating group) is 1. The maximum absolute atomic E-state index is 9.70. The van der Waals surface area contributed by atoms with Crippen molar-refractivity contribution < 1.29 is 0 Å². The highest BCUT2D eigenvalue weighted by atomic mass is 15.1. The Morgan fingerprint density at radius 2 is 2.19 bits per heavy atom. The number of imidazole rings is 1. The summed E-state index contributed by atoms with van der Waals surface area (Å²) in [7, 11) is 0. The summed E-state index contributed by atoms with van der Waals surface area (Å²) in [5.74, 6) is 2.08. The van der Waals surface area contributed by atoms with Crippen molar-refractivity contribution in [2.45, 2.75) is 52.0 Å². The summed E-state index contributed by atoms with van der Waals surface area (Å²) in [6, 6.07) is 2.27. The van der Waals surface area contributed by atoms with Crippen LogP contribution >= 0.6 is 0 Å². The predicted octanol–water partition coefficient (Wildman–Crippen LogP) is 3.04. The number of H-pyrrole nitrogens is 1. The smallest absolute Gasteiger partial charge is 0.142 e. The van der Waals surface area contributed by atoms with Crippen molar-refractivity contribution in [2.24, 2.45) is 5.92 Å². The summed E-state index contributed by atoms with van der Waals surface area (Å²) in [5.41, 5.74) is 10.5. The highest BCUT2D eigenvalue weighted by Gasteiger charge is 2.26. The number of hydrogen-bond donors (Lipinski definition) is 2. The van der Waals surface area contributed by atoms with Gasteiger partial charge < -0.3 is 10.7 Å². The quantitative estimate of drug-likeness (QED) is 0.884. The summed E-state index contributed by atoms with van der Waals surface area (Å²) in [5, 5.41) is 9.70. The molecule has 2 aliphatic rings. The summed E-state index contributed by atoms with van der Waals surface area (Å²) in [4.78, 5) is 15.0. The molecule has 0 spiro atoms. The van der Waals surface area contributed by atoms with E-state index in [0.717, 1.165) is 66.7 Å². The number of nitrogens with one attached hydrogen (secondary N) is 1. The zero-order valence-corrected chi connectivity index (χ0v) is 15.4. The molecule has 2 aromatic heterocycles. The van der Waals surface area contributed by atoms with E-state index in [-0.39, 0.29) is 0 Å². The molecule has 0 radical (unpaired) electrons. The molecule has 6 nitrogen and oxygen atoms in total. The fourth-order valence-corrected chi connectivity index (χ4v) is 4.40. The van der Waals surface area contributed by atoms with E-state index in [1.165, 1.54) is 25.7 Å². The van der Waals surface area contributed by atoms with Gasteiger partial charge in [-0.05, 0) is 18.0 Å². The molecular weight excluding hydrogens is 324 g/mol. The number of aromatic amines is 1. The molecule has 3 N–H and O–H groups in total. The Morgan fingerprint density at radius 3 is 2.92 bits per heavy atom. The number of nitrogens with two attached hydrogens (primary N) is 1. The second-order valence-electron chi connectivity index (χ2n) is 7.50. The molecule has 0 aromatic carbocycles. The number of hydrogen-bond acceptors (Lipinski definition) is 5. The molecule has 0 unspecified atom stereocenters. The van der Waals surface area contributed by atoms with E-state index < -0.39 is 0 Å². The molecule has 1 aliphatic carbocycles. The van der Waals surface area contributed by atoms with Gasteiger partial charge in [-0.2, -0.15) is 5.26 Å². The van der Waals surface area contributed by atoms with Crippen LogP contribution in [-0.2, 0) is 19.4 Å². The molecule has 0 saturated heterocycles. The van der Waals surface area contributed by atoms with Gasteiger partial charge in [0.1, 0.15) is 23.3 Å². The molecule has 0 amide bonds. The number of anilines is 1. The first-order valence-corrected chi connectivity index (χ1v) is 9.67. The van der Waals surface area contributed by atoms with Gasteiger partial charge in [0.2, 0.25) is 0 Å². The summed E-state index contributed by atoms with van der Waals surface area (Å²) in [6.07, 6.45) is 8.98. The van der Waals surface area contributed by atoms with Crippen LogP contribution in [-0.4, -0.2) is 32.9 Å². The van der Waals surface area contributed by atoms with Crippen molar-refractivity contribution in [1.82, 2.24) is 19.9 Å². The van der Waals surface area contributed by atoms with Crippen molar-refractivity contribution >= 4 is 5.82 Å². The topological polar surface area (TPSA) is 94.6 Å². The van der Waals surface area contributed by atoms with Gasteiger partial charge in [-0.1, -0.05) is 32.6 Å². The normalized spacial score (nSPS) is 18.0. The van der Waals surface area contributed by atoms with Crippen LogP contribution in [0.2, 0.25) is 0 Å². The van der Waals surface area contributed by atoms with Gasteiger partial charge in [0.25, 0.3) is 0 Å². The first-order chi connectivity index (χ1) is 12.7. The van der Waals surface area contributed by atoms with Crippen LogP contribution in [0.5, 0.6) is 0 Å². The summed E-state index contributed by atoms with van der Waals surface area (Å²) < 4.78 is 0.